The van der Waals surface area contributed by atoms with Gasteiger partial charge in [-0.15, -0.1) is 0 Å². The van der Waals surface area contributed by atoms with E-state index in [2.05, 4.69) is 10.2 Å². The molecule has 1 aliphatic rings. The Morgan fingerprint density at radius 3 is 2.75 bits per heavy atom. The molecular weight excluding hydrogens is 254 g/mol. The van der Waals surface area contributed by atoms with E-state index in [0.717, 1.165) is 31.5 Å². The summed E-state index contributed by atoms with van der Waals surface area (Å²) < 4.78 is 0. The second kappa shape index (κ2) is 6.11. The number of carbonyl (C=O) groups excluding carboxylic acids is 2. The number of carbonyl (C=O) groups is 2. The minimum Gasteiger partial charge on any atom is -0.335 e. The maximum absolute atomic E-state index is 12.7. The molecule has 0 spiro atoms. The van der Waals surface area contributed by atoms with Crippen LogP contribution >= 0.6 is 0 Å². The number of nitrogens with zero attached hydrogens (tertiary/aromatic N) is 3. The Morgan fingerprint density at radius 1 is 1.30 bits per heavy atom. The molecule has 0 bridgehead atoms. The largest absolute Gasteiger partial charge is 0.335 e. The average Bonchev–Trinajstić information content (AvgIpc) is 2.41. The van der Waals surface area contributed by atoms with Crippen LogP contribution in [0.1, 0.15) is 54.4 Å². The van der Waals surface area contributed by atoms with E-state index in [1.165, 1.54) is 0 Å². The molecule has 20 heavy (non-hydrogen) atoms. The Kier molecular flexibility index (Phi) is 4.47. The predicted molar refractivity (Wildman–Crippen MR) is 75.5 cm³/mol. The van der Waals surface area contributed by atoms with Crippen molar-refractivity contribution in [2.24, 2.45) is 0 Å². The molecule has 1 aliphatic heterocycles. The fourth-order valence-electron chi connectivity index (χ4n) is 2.73. The lowest BCUT2D eigenvalue weighted by molar-refractivity contribution is -0.118. The lowest BCUT2D eigenvalue weighted by Crippen LogP contribution is -2.44. The topological polar surface area (TPSA) is 63.2 Å². The molecule has 0 aliphatic carbocycles. The van der Waals surface area contributed by atoms with Gasteiger partial charge in [-0.3, -0.25) is 9.59 Å². The summed E-state index contributed by atoms with van der Waals surface area (Å²) in [6.45, 7) is 5.92. The molecule has 0 saturated carbocycles. The highest BCUT2D eigenvalue weighted by Crippen LogP contribution is 2.23. The van der Waals surface area contributed by atoms with Crippen molar-refractivity contribution in [2.45, 2.75) is 52.5 Å². The first-order valence-electron chi connectivity index (χ1n) is 7.10. The number of likely N-dealkylation sites (tertiary alicyclic amines) is 1. The number of aryl methyl sites for hydroxylation is 2. The van der Waals surface area contributed by atoms with E-state index in [4.69, 9.17) is 0 Å². The Bertz CT molecular complexity index is 528. The zero-order chi connectivity index (χ0) is 14.7. The highest BCUT2D eigenvalue weighted by molar-refractivity contribution is 5.95. The van der Waals surface area contributed by atoms with Gasteiger partial charge >= 0.3 is 0 Å². The molecule has 1 amide bonds. The van der Waals surface area contributed by atoms with Crippen molar-refractivity contribution >= 4 is 11.7 Å². The molecule has 5 heteroatoms. The Hall–Kier alpha value is -1.78. The average molecular weight is 275 g/mol. The third-order valence-electron chi connectivity index (χ3n) is 3.74. The van der Waals surface area contributed by atoms with Crippen LogP contribution in [0.15, 0.2) is 6.07 Å². The van der Waals surface area contributed by atoms with E-state index < -0.39 is 0 Å². The van der Waals surface area contributed by atoms with E-state index in [1.54, 1.807) is 19.9 Å². The number of ketones is 1. The second-order valence-electron chi connectivity index (χ2n) is 5.54. The minimum atomic E-state index is -0.0218. The van der Waals surface area contributed by atoms with E-state index in [0.29, 0.717) is 17.7 Å². The van der Waals surface area contributed by atoms with Gasteiger partial charge < -0.3 is 4.90 Å². The maximum atomic E-state index is 12.7. The van der Waals surface area contributed by atoms with Crippen molar-refractivity contribution in [3.05, 3.63) is 23.0 Å². The highest BCUT2D eigenvalue weighted by atomic mass is 16.2. The molecule has 1 saturated heterocycles. The smallest absolute Gasteiger partial charge is 0.256 e. The van der Waals surface area contributed by atoms with Crippen LogP contribution in [-0.2, 0) is 4.79 Å². The van der Waals surface area contributed by atoms with Crippen LogP contribution in [0, 0.1) is 13.8 Å². The van der Waals surface area contributed by atoms with E-state index in [1.807, 2.05) is 11.8 Å². The zero-order valence-corrected chi connectivity index (χ0v) is 12.3. The number of aromatic nitrogens is 2. The third kappa shape index (κ3) is 3.21. The van der Waals surface area contributed by atoms with Crippen molar-refractivity contribution in [1.82, 2.24) is 15.1 Å². The molecular formula is C15H21N3O2. The number of Topliss-reactive ketones (excluding diaryl/α,β-unsaturated/α-hetero) is 1. The van der Waals surface area contributed by atoms with Gasteiger partial charge in [-0.25, -0.2) is 0 Å². The zero-order valence-electron chi connectivity index (χ0n) is 12.3. The van der Waals surface area contributed by atoms with E-state index in [9.17, 15) is 9.59 Å². The predicted octanol–water partition coefficient (Wildman–Crippen LogP) is 2.07. The van der Waals surface area contributed by atoms with E-state index in [-0.39, 0.29) is 17.7 Å². The van der Waals surface area contributed by atoms with Crippen molar-refractivity contribution in [3.63, 3.8) is 0 Å². The first kappa shape index (κ1) is 14.6. The summed E-state index contributed by atoms with van der Waals surface area (Å²) in [7, 11) is 0. The Labute approximate surface area is 119 Å². The summed E-state index contributed by atoms with van der Waals surface area (Å²) in [6, 6.07) is 1.81. The first-order chi connectivity index (χ1) is 9.49. The van der Waals surface area contributed by atoms with Crippen molar-refractivity contribution in [3.8, 4) is 0 Å². The van der Waals surface area contributed by atoms with E-state index >= 15 is 0 Å². The number of hydrogen-bond donors (Lipinski definition) is 0. The summed E-state index contributed by atoms with van der Waals surface area (Å²) >= 11 is 0. The first-order valence-corrected chi connectivity index (χ1v) is 7.10. The summed E-state index contributed by atoms with van der Waals surface area (Å²) in [4.78, 5) is 25.9. The molecule has 1 aromatic heterocycles. The fourth-order valence-corrected chi connectivity index (χ4v) is 2.73. The van der Waals surface area contributed by atoms with Gasteiger partial charge in [-0.05, 0) is 46.1 Å². The molecule has 5 nitrogen and oxygen atoms in total. The molecule has 0 radical (unpaired) electrons. The second-order valence-corrected chi connectivity index (χ2v) is 5.54. The van der Waals surface area contributed by atoms with Crippen molar-refractivity contribution in [2.75, 3.05) is 6.54 Å². The maximum Gasteiger partial charge on any atom is 0.256 e. The van der Waals surface area contributed by atoms with Crippen LogP contribution in [0.2, 0.25) is 0 Å². The standard InChI is InChI=1S/C15H21N3O2/c1-10-8-14(12(3)17-16-10)15(20)18-7-5-4-6-13(18)9-11(2)19/h8,13H,4-7,9H2,1-3H3. The van der Waals surface area contributed by atoms with Crippen molar-refractivity contribution in [1.29, 1.82) is 0 Å². The van der Waals surface area contributed by atoms with Gasteiger partial charge in [0.2, 0.25) is 0 Å². The lowest BCUT2D eigenvalue weighted by atomic mass is 9.96. The molecule has 0 N–H and O–H groups in total. The number of amides is 1. The molecule has 1 unspecified atom stereocenters. The minimum absolute atomic E-state index is 0.0218. The normalized spacial score (nSPS) is 18.9. The molecule has 2 rings (SSSR count). The Morgan fingerprint density at radius 2 is 2.05 bits per heavy atom. The van der Waals surface area contributed by atoms with Crippen LogP contribution in [0.3, 0.4) is 0 Å². The van der Waals surface area contributed by atoms with Gasteiger partial charge in [0.1, 0.15) is 5.78 Å². The van der Waals surface area contributed by atoms with Gasteiger partial charge in [-0.1, -0.05) is 0 Å². The summed E-state index contributed by atoms with van der Waals surface area (Å²) in [5.41, 5.74) is 1.99. The summed E-state index contributed by atoms with van der Waals surface area (Å²) in [6.07, 6.45) is 3.43. The van der Waals surface area contributed by atoms with Gasteiger partial charge in [0, 0.05) is 19.0 Å². The SMILES string of the molecule is CC(=O)CC1CCCCN1C(=O)c1cc(C)nnc1C. The van der Waals surface area contributed by atoms with Gasteiger partial charge in [-0.2, -0.15) is 10.2 Å². The third-order valence-corrected chi connectivity index (χ3v) is 3.74. The number of hydrogen-bond acceptors (Lipinski definition) is 4. The number of rotatable bonds is 3. The molecule has 1 aromatic rings. The number of piperidine rings is 1. The van der Waals surface area contributed by atoms with Crippen LogP contribution in [0.4, 0.5) is 0 Å². The summed E-state index contributed by atoms with van der Waals surface area (Å²) in [5, 5.41) is 7.98. The van der Waals surface area contributed by atoms with Crippen LogP contribution in [0.25, 0.3) is 0 Å². The van der Waals surface area contributed by atoms with Gasteiger partial charge in [0.15, 0.2) is 0 Å². The molecule has 108 valence electrons. The Balaban J connectivity index is 2.25. The molecule has 1 fully saturated rings. The van der Waals surface area contributed by atoms with Crippen molar-refractivity contribution < 1.29 is 9.59 Å². The quantitative estimate of drug-likeness (QED) is 0.847. The van der Waals surface area contributed by atoms with Crippen LogP contribution in [-0.4, -0.2) is 39.4 Å². The van der Waals surface area contributed by atoms with Gasteiger partial charge in [0.25, 0.3) is 5.91 Å². The van der Waals surface area contributed by atoms with Crippen LogP contribution < -0.4 is 0 Å². The summed E-state index contributed by atoms with van der Waals surface area (Å²) in [5.74, 6) is 0.113. The molecule has 2 heterocycles. The monoisotopic (exact) mass is 275 g/mol. The molecule has 0 aromatic carbocycles. The molecule has 1 atom stereocenters. The van der Waals surface area contributed by atoms with Crippen LogP contribution in [0.5, 0.6) is 0 Å². The fraction of sp³-hybridized carbons (Fsp3) is 0.600. The highest BCUT2D eigenvalue weighted by Gasteiger charge is 2.29. The van der Waals surface area contributed by atoms with Gasteiger partial charge in [0.05, 0.1) is 17.0 Å². The lowest BCUT2D eigenvalue weighted by Gasteiger charge is -2.35.